The van der Waals surface area contributed by atoms with E-state index in [1.165, 1.54) is 18.4 Å². The fraction of sp³-hybridized carbons (Fsp3) is 0.385. The molecule has 72 valence electrons. The first-order valence-corrected chi connectivity index (χ1v) is 5.41. The molecule has 1 aliphatic heterocycles. The minimum absolute atomic E-state index is 0.676. The molecule has 0 saturated heterocycles. The highest BCUT2D eigenvalue weighted by Crippen LogP contribution is 2.34. The van der Waals surface area contributed by atoms with Crippen LogP contribution >= 0.6 is 0 Å². The highest BCUT2D eigenvalue weighted by molar-refractivity contribution is 5.35. The molecule has 1 N–H and O–H groups in total. The normalized spacial score (nSPS) is 29.4. The number of allylic oxidation sites excluding steroid dienone is 1. The van der Waals surface area contributed by atoms with Gasteiger partial charge in [0.15, 0.2) is 0 Å². The summed E-state index contributed by atoms with van der Waals surface area (Å²) in [5.41, 5.74) is 3.06. The van der Waals surface area contributed by atoms with Gasteiger partial charge < -0.3 is 5.32 Å². The van der Waals surface area contributed by atoms with Gasteiger partial charge in [-0.3, -0.25) is 0 Å². The highest BCUT2D eigenvalue weighted by atomic mass is 14.9. The fourth-order valence-corrected chi connectivity index (χ4v) is 2.68. The molecule has 2 aliphatic rings. The van der Waals surface area contributed by atoms with Gasteiger partial charge >= 0.3 is 0 Å². The summed E-state index contributed by atoms with van der Waals surface area (Å²) in [5.74, 6) is 0.713. The molecular formula is C13H15N. The number of fused-ring (bicyclic) bond motifs is 3. The maximum absolute atomic E-state index is 3.63. The van der Waals surface area contributed by atoms with E-state index in [2.05, 4.69) is 41.7 Å². The van der Waals surface area contributed by atoms with Crippen LogP contribution in [0.3, 0.4) is 0 Å². The second-order valence-corrected chi connectivity index (χ2v) is 4.24. The lowest BCUT2D eigenvalue weighted by atomic mass is 9.79. The molecule has 0 radical (unpaired) electrons. The molecule has 0 bridgehead atoms. The van der Waals surface area contributed by atoms with Gasteiger partial charge in [0.1, 0.15) is 0 Å². The lowest BCUT2D eigenvalue weighted by Crippen LogP contribution is -2.39. The molecule has 14 heavy (non-hydrogen) atoms. The van der Waals surface area contributed by atoms with Crippen molar-refractivity contribution in [2.45, 2.75) is 31.3 Å². The van der Waals surface area contributed by atoms with Gasteiger partial charge in [0.2, 0.25) is 0 Å². The molecule has 0 aromatic heterocycles. The van der Waals surface area contributed by atoms with Crippen LogP contribution in [-0.4, -0.2) is 6.04 Å². The molecule has 1 nitrogen and oxygen atoms in total. The standard InChI is InChI=1S/C13H15N/c1-2-6-11-10(5-1)9-14-13-8-4-3-7-12(11)13/h1-6,12-14H,7-9H2/t12-,13-/m0/s1. The van der Waals surface area contributed by atoms with E-state index in [9.17, 15) is 0 Å². The molecule has 2 atom stereocenters. The topological polar surface area (TPSA) is 12.0 Å². The maximum atomic E-state index is 3.63. The van der Waals surface area contributed by atoms with Crippen LogP contribution in [0.5, 0.6) is 0 Å². The molecule has 0 unspecified atom stereocenters. The minimum Gasteiger partial charge on any atom is -0.309 e. The smallest absolute Gasteiger partial charge is 0.0211 e. The van der Waals surface area contributed by atoms with Crippen molar-refractivity contribution in [3.05, 3.63) is 47.5 Å². The van der Waals surface area contributed by atoms with Crippen LogP contribution in [0, 0.1) is 0 Å². The van der Waals surface area contributed by atoms with Crippen molar-refractivity contribution in [3.8, 4) is 0 Å². The number of benzene rings is 1. The summed E-state index contributed by atoms with van der Waals surface area (Å²) in [6.07, 6.45) is 7.03. The van der Waals surface area contributed by atoms with Crippen molar-refractivity contribution in [3.63, 3.8) is 0 Å². The summed E-state index contributed by atoms with van der Waals surface area (Å²) in [6.45, 7) is 1.05. The summed E-state index contributed by atoms with van der Waals surface area (Å²) >= 11 is 0. The zero-order valence-corrected chi connectivity index (χ0v) is 8.24. The van der Waals surface area contributed by atoms with Gasteiger partial charge in [0, 0.05) is 18.5 Å². The van der Waals surface area contributed by atoms with Gasteiger partial charge in [-0.2, -0.15) is 0 Å². The van der Waals surface area contributed by atoms with E-state index >= 15 is 0 Å². The van der Waals surface area contributed by atoms with E-state index in [0.29, 0.717) is 12.0 Å². The van der Waals surface area contributed by atoms with E-state index in [-0.39, 0.29) is 0 Å². The van der Waals surface area contributed by atoms with Crippen LogP contribution in [0.2, 0.25) is 0 Å². The fourth-order valence-electron chi connectivity index (χ4n) is 2.68. The quantitative estimate of drug-likeness (QED) is 0.613. The van der Waals surface area contributed by atoms with Gasteiger partial charge in [-0.1, -0.05) is 36.4 Å². The van der Waals surface area contributed by atoms with Gasteiger partial charge in [-0.05, 0) is 24.0 Å². The zero-order chi connectivity index (χ0) is 9.38. The van der Waals surface area contributed by atoms with Gasteiger partial charge in [-0.15, -0.1) is 0 Å². The SMILES string of the molecule is C1=CC[C@H]2c3ccccc3CN[C@H]2C1. The van der Waals surface area contributed by atoms with E-state index < -0.39 is 0 Å². The van der Waals surface area contributed by atoms with Crippen LogP contribution in [0.25, 0.3) is 0 Å². The molecule has 1 heterocycles. The monoisotopic (exact) mass is 185 g/mol. The summed E-state index contributed by atoms with van der Waals surface area (Å²) in [7, 11) is 0. The third kappa shape index (κ3) is 1.20. The Balaban J connectivity index is 2.04. The summed E-state index contributed by atoms with van der Waals surface area (Å²) in [6, 6.07) is 9.53. The van der Waals surface area contributed by atoms with E-state index in [0.717, 1.165) is 6.54 Å². The van der Waals surface area contributed by atoms with Crippen molar-refractivity contribution < 1.29 is 0 Å². The Morgan fingerprint density at radius 2 is 1.93 bits per heavy atom. The zero-order valence-electron chi connectivity index (χ0n) is 8.24. The van der Waals surface area contributed by atoms with Crippen molar-refractivity contribution in [1.29, 1.82) is 0 Å². The van der Waals surface area contributed by atoms with Crippen LogP contribution < -0.4 is 5.32 Å². The third-order valence-electron chi connectivity index (χ3n) is 3.44. The molecule has 3 rings (SSSR count). The van der Waals surface area contributed by atoms with Crippen LogP contribution in [0.4, 0.5) is 0 Å². The number of nitrogens with one attached hydrogen (secondary N) is 1. The Morgan fingerprint density at radius 3 is 2.93 bits per heavy atom. The first-order chi connectivity index (χ1) is 6.95. The van der Waals surface area contributed by atoms with Gasteiger partial charge in [0.05, 0.1) is 0 Å². The van der Waals surface area contributed by atoms with E-state index in [1.54, 1.807) is 5.56 Å². The lowest BCUT2D eigenvalue weighted by Gasteiger charge is -2.35. The Kier molecular flexibility index (Phi) is 1.91. The predicted octanol–water partition coefficient (Wildman–Crippen LogP) is 2.59. The van der Waals surface area contributed by atoms with E-state index in [4.69, 9.17) is 0 Å². The summed E-state index contributed by atoms with van der Waals surface area (Å²) in [4.78, 5) is 0. The van der Waals surface area contributed by atoms with Crippen molar-refractivity contribution >= 4 is 0 Å². The predicted molar refractivity (Wildman–Crippen MR) is 58.2 cm³/mol. The Labute approximate surface area is 84.8 Å². The average Bonchev–Trinajstić information content (AvgIpc) is 2.29. The van der Waals surface area contributed by atoms with Crippen LogP contribution in [0.1, 0.15) is 29.9 Å². The Bertz CT molecular complexity index is 367. The van der Waals surface area contributed by atoms with Gasteiger partial charge in [0.25, 0.3) is 0 Å². The Hall–Kier alpha value is -1.08. The van der Waals surface area contributed by atoms with Crippen LogP contribution in [-0.2, 0) is 6.54 Å². The second kappa shape index (κ2) is 3.25. The largest absolute Gasteiger partial charge is 0.309 e. The van der Waals surface area contributed by atoms with Crippen molar-refractivity contribution in [2.75, 3.05) is 0 Å². The lowest BCUT2D eigenvalue weighted by molar-refractivity contribution is 0.393. The molecule has 1 aromatic carbocycles. The summed E-state index contributed by atoms with van der Waals surface area (Å²) in [5, 5.41) is 3.63. The number of rotatable bonds is 0. The van der Waals surface area contributed by atoms with Crippen molar-refractivity contribution in [2.24, 2.45) is 0 Å². The van der Waals surface area contributed by atoms with Crippen LogP contribution in [0.15, 0.2) is 36.4 Å². The first-order valence-electron chi connectivity index (χ1n) is 5.41. The second-order valence-electron chi connectivity index (χ2n) is 4.24. The molecule has 1 heteroatoms. The van der Waals surface area contributed by atoms with Crippen molar-refractivity contribution in [1.82, 2.24) is 5.32 Å². The number of hydrogen-bond donors (Lipinski definition) is 1. The third-order valence-corrected chi connectivity index (χ3v) is 3.44. The molecule has 0 fully saturated rings. The highest BCUT2D eigenvalue weighted by Gasteiger charge is 2.28. The first kappa shape index (κ1) is 8.25. The van der Waals surface area contributed by atoms with Gasteiger partial charge in [-0.25, -0.2) is 0 Å². The minimum atomic E-state index is 0.676. The molecule has 0 saturated carbocycles. The molecule has 0 spiro atoms. The molecule has 1 aromatic rings. The number of hydrogen-bond acceptors (Lipinski definition) is 1. The van der Waals surface area contributed by atoms with E-state index in [1.807, 2.05) is 0 Å². The average molecular weight is 185 g/mol. The molecular weight excluding hydrogens is 170 g/mol. The summed E-state index contributed by atoms with van der Waals surface area (Å²) < 4.78 is 0. The molecule has 1 aliphatic carbocycles. The molecule has 0 amide bonds. The maximum Gasteiger partial charge on any atom is 0.0211 e. The Morgan fingerprint density at radius 1 is 1.07 bits per heavy atom.